The number of hydrogen-bond donors (Lipinski definition) is 0. The molecule has 2 aromatic rings. The van der Waals surface area contributed by atoms with Gasteiger partial charge in [-0.2, -0.15) is 0 Å². The van der Waals surface area contributed by atoms with E-state index in [9.17, 15) is 17.6 Å². The Hall–Kier alpha value is -1.80. The molecule has 1 heterocycles. The van der Waals surface area contributed by atoms with E-state index in [0.717, 1.165) is 24.3 Å². The Kier molecular flexibility index (Phi) is 4.92. The molecular formula is C14H11BrFNO4S. The van der Waals surface area contributed by atoms with Gasteiger partial charge in [0.1, 0.15) is 5.82 Å². The van der Waals surface area contributed by atoms with E-state index in [-0.39, 0.29) is 15.6 Å². The van der Waals surface area contributed by atoms with Crippen molar-refractivity contribution in [2.24, 2.45) is 0 Å². The van der Waals surface area contributed by atoms with Crippen molar-refractivity contribution in [3.05, 3.63) is 53.5 Å². The predicted molar refractivity (Wildman–Crippen MR) is 80.1 cm³/mol. The fourth-order valence-corrected chi connectivity index (χ4v) is 3.38. The quantitative estimate of drug-likeness (QED) is 0.458. The van der Waals surface area contributed by atoms with Crippen molar-refractivity contribution in [2.45, 2.75) is 15.3 Å². The summed E-state index contributed by atoms with van der Waals surface area (Å²) in [7, 11) is -2.76. The summed E-state index contributed by atoms with van der Waals surface area (Å²) in [5, 5.41) is 0.0191. The first-order valence-electron chi connectivity index (χ1n) is 6.05. The second-order valence-electron chi connectivity index (χ2n) is 4.24. The number of carbonyl (C=O) groups is 1. The number of esters is 1. The van der Waals surface area contributed by atoms with Crippen LogP contribution in [0.2, 0.25) is 0 Å². The second-order valence-corrected chi connectivity index (χ2v) is 6.70. The molecule has 0 unspecified atom stereocenters. The standard InChI is InChI=1S/C14H11BrFNO4S/c1-21-14(18)13-9(8-15)2-7-12(17-13)22(19,20)11-5-3-10(16)4-6-11/h2-7H,8H2,1H3. The van der Waals surface area contributed by atoms with Gasteiger partial charge in [0.05, 0.1) is 12.0 Å². The Morgan fingerprint density at radius 2 is 1.86 bits per heavy atom. The highest BCUT2D eigenvalue weighted by atomic mass is 79.9. The van der Waals surface area contributed by atoms with Gasteiger partial charge in [0.25, 0.3) is 0 Å². The molecule has 1 aromatic carbocycles. The first-order valence-corrected chi connectivity index (χ1v) is 8.65. The summed E-state index contributed by atoms with van der Waals surface area (Å²) in [4.78, 5) is 15.5. The number of alkyl halides is 1. The van der Waals surface area contributed by atoms with Crippen LogP contribution in [-0.4, -0.2) is 26.5 Å². The van der Waals surface area contributed by atoms with Crippen LogP contribution in [0.15, 0.2) is 46.3 Å². The number of sulfone groups is 1. The minimum Gasteiger partial charge on any atom is -0.464 e. The van der Waals surface area contributed by atoms with Crippen molar-refractivity contribution in [1.82, 2.24) is 4.98 Å². The van der Waals surface area contributed by atoms with E-state index < -0.39 is 21.6 Å². The summed E-state index contributed by atoms with van der Waals surface area (Å²) in [5.41, 5.74) is 0.424. The van der Waals surface area contributed by atoms with Crippen LogP contribution in [0.4, 0.5) is 4.39 Å². The van der Waals surface area contributed by atoms with E-state index in [2.05, 4.69) is 25.7 Å². The van der Waals surface area contributed by atoms with Gasteiger partial charge < -0.3 is 4.74 Å². The van der Waals surface area contributed by atoms with Gasteiger partial charge in [-0.15, -0.1) is 0 Å². The molecule has 0 aliphatic rings. The summed E-state index contributed by atoms with van der Waals surface area (Å²) >= 11 is 3.19. The first-order chi connectivity index (χ1) is 10.4. The van der Waals surface area contributed by atoms with Crippen molar-refractivity contribution in [2.75, 3.05) is 7.11 Å². The van der Waals surface area contributed by atoms with Crippen molar-refractivity contribution < 1.29 is 22.3 Å². The molecule has 8 heteroatoms. The molecule has 0 aliphatic carbocycles. The number of ether oxygens (including phenoxy) is 1. The van der Waals surface area contributed by atoms with Crippen LogP contribution in [0.5, 0.6) is 0 Å². The molecule has 22 heavy (non-hydrogen) atoms. The van der Waals surface area contributed by atoms with Crippen LogP contribution in [0.1, 0.15) is 16.1 Å². The zero-order valence-corrected chi connectivity index (χ0v) is 13.8. The van der Waals surface area contributed by atoms with Gasteiger partial charge in [-0.1, -0.05) is 22.0 Å². The fourth-order valence-electron chi connectivity index (χ4n) is 1.74. The van der Waals surface area contributed by atoms with Crippen LogP contribution in [0, 0.1) is 5.82 Å². The molecule has 0 N–H and O–H groups in total. The number of pyridine rings is 1. The van der Waals surface area contributed by atoms with Gasteiger partial charge >= 0.3 is 5.97 Å². The Balaban J connectivity index is 2.56. The highest BCUT2D eigenvalue weighted by Gasteiger charge is 2.23. The van der Waals surface area contributed by atoms with E-state index in [1.807, 2.05) is 0 Å². The number of aromatic nitrogens is 1. The lowest BCUT2D eigenvalue weighted by Crippen LogP contribution is -2.12. The zero-order valence-electron chi connectivity index (χ0n) is 11.4. The zero-order chi connectivity index (χ0) is 16.3. The van der Waals surface area contributed by atoms with Gasteiger partial charge in [0, 0.05) is 5.33 Å². The van der Waals surface area contributed by atoms with Gasteiger partial charge in [-0.3, -0.25) is 0 Å². The Morgan fingerprint density at radius 1 is 1.23 bits per heavy atom. The molecule has 0 atom stereocenters. The fraction of sp³-hybridized carbons (Fsp3) is 0.143. The molecule has 0 saturated carbocycles. The van der Waals surface area contributed by atoms with Gasteiger partial charge in [-0.25, -0.2) is 22.6 Å². The molecule has 0 amide bonds. The summed E-state index contributed by atoms with van der Waals surface area (Å²) < 4.78 is 42.4. The lowest BCUT2D eigenvalue weighted by molar-refractivity contribution is 0.0592. The monoisotopic (exact) mass is 387 g/mol. The SMILES string of the molecule is COC(=O)c1nc(S(=O)(=O)c2ccc(F)cc2)ccc1CBr. The molecule has 1 aromatic heterocycles. The van der Waals surface area contributed by atoms with E-state index in [4.69, 9.17) is 0 Å². The van der Waals surface area contributed by atoms with Crippen molar-refractivity contribution >= 4 is 31.7 Å². The van der Waals surface area contributed by atoms with Gasteiger partial charge in [0.2, 0.25) is 9.84 Å². The Labute approximate surface area is 135 Å². The van der Waals surface area contributed by atoms with E-state index in [1.54, 1.807) is 0 Å². The van der Waals surface area contributed by atoms with Crippen LogP contribution >= 0.6 is 15.9 Å². The minimum atomic E-state index is -3.95. The summed E-state index contributed by atoms with van der Waals surface area (Å²) in [6.45, 7) is 0. The summed E-state index contributed by atoms with van der Waals surface area (Å²) in [5.74, 6) is -1.28. The van der Waals surface area contributed by atoms with Crippen molar-refractivity contribution in [3.63, 3.8) is 0 Å². The molecular weight excluding hydrogens is 377 g/mol. The first kappa shape index (κ1) is 16.6. The van der Waals surface area contributed by atoms with Gasteiger partial charge in [-0.05, 0) is 35.9 Å². The molecule has 0 bridgehead atoms. The molecule has 0 aliphatic heterocycles. The molecule has 0 saturated heterocycles. The van der Waals surface area contributed by atoms with Crippen LogP contribution in [-0.2, 0) is 19.9 Å². The normalized spacial score (nSPS) is 11.2. The van der Waals surface area contributed by atoms with E-state index >= 15 is 0 Å². The van der Waals surface area contributed by atoms with Crippen molar-refractivity contribution in [1.29, 1.82) is 0 Å². The highest BCUT2D eigenvalue weighted by molar-refractivity contribution is 9.08. The number of rotatable bonds is 4. The molecule has 0 fully saturated rings. The summed E-state index contributed by atoms with van der Waals surface area (Å²) in [6, 6.07) is 7.14. The number of hydrogen-bond acceptors (Lipinski definition) is 5. The Bertz CT molecular complexity index is 806. The molecule has 5 nitrogen and oxygen atoms in total. The maximum absolute atomic E-state index is 12.9. The number of methoxy groups -OCH3 is 1. The van der Waals surface area contributed by atoms with Crippen molar-refractivity contribution in [3.8, 4) is 0 Å². The highest BCUT2D eigenvalue weighted by Crippen LogP contribution is 2.22. The minimum absolute atomic E-state index is 0.0810. The van der Waals surface area contributed by atoms with Crippen LogP contribution < -0.4 is 0 Å². The number of nitrogens with zero attached hydrogens (tertiary/aromatic N) is 1. The largest absolute Gasteiger partial charge is 0.464 e. The topological polar surface area (TPSA) is 73.3 Å². The molecule has 0 radical (unpaired) electrons. The third-order valence-electron chi connectivity index (χ3n) is 2.88. The lowest BCUT2D eigenvalue weighted by atomic mass is 10.2. The Morgan fingerprint density at radius 3 is 2.41 bits per heavy atom. The average Bonchev–Trinajstić information content (AvgIpc) is 2.53. The van der Waals surface area contributed by atoms with Crippen LogP contribution in [0.3, 0.4) is 0 Å². The molecule has 0 spiro atoms. The smallest absolute Gasteiger partial charge is 0.357 e. The number of carbonyl (C=O) groups excluding carboxylic acids is 1. The van der Waals surface area contributed by atoms with Crippen LogP contribution in [0.25, 0.3) is 0 Å². The number of benzene rings is 1. The lowest BCUT2D eigenvalue weighted by Gasteiger charge is -2.08. The second kappa shape index (κ2) is 6.53. The van der Waals surface area contributed by atoms with E-state index in [1.165, 1.54) is 19.2 Å². The maximum atomic E-state index is 12.9. The van der Waals surface area contributed by atoms with Gasteiger partial charge in [0.15, 0.2) is 10.7 Å². The predicted octanol–water partition coefficient (Wildman–Crippen LogP) is 2.74. The average molecular weight is 388 g/mol. The van der Waals surface area contributed by atoms with E-state index in [0.29, 0.717) is 10.9 Å². The third kappa shape index (κ3) is 3.17. The molecule has 116 valence electrons. The summed E-state index contributed by atoms with van der Waals surface area (Å²) in [6.07, 6.45) is 0. The maximum Gasteiger partial charge on any atom is 0.357 e. The third-order valence-corrected chi connectivity index (χ3v) is 5.15. The molecule has 2 rings (SSSR count). The number of halogens is 2.